The number of nitrogens with one attached hydrogen (secondary N) is 2. The van der Waals surface area contributed by atoms with Gasteiger partial charge in [-0.2, -0.15) is 5.10 Å². The Balaban J connectivity index is 1.73. The second-order valence-electron chi connectivity index (χ2n) is 6.76. The molecule has 138 valence electrons. The molecular formula is C17H19F2N5O2. The monoisotopic (exact) mass is 363 g/mol. The number of alkyl halides is 2. The smallest absolute Gasteiger partial charge is 0.311 e. The van der Waals surface area contributed by atoms with Crippen molar-refractivity contribution < 1.29 is 18.4 Å². The van der Waals surface area contributed by atoms with Crippen LogP contribution in [-0.2, 0) is 11.8 Å². The number of benzene rings is 1. The van der Waals surface area contributed by atoms with Gasteiger partial charge in [0, 0.05) is 25.4 Å². The van der Waals surface area contributed by atoms with Crippen molar-refractivity contribution in [3.05, 3.63) is 23.8 Å². The van der Waals surface area contributed by atoms with E-state index in [4.69, 9.17) is 0 Å². The lowest BCUT2D eigenvalue weighted by molar-refractivity contribution is -0.120. The van der Waals surface area contributed by atoms with Gasteiger partial charge in [0.2, 0.25) is 5.91 Å². The Morgan fingerprint density at radius 2 is 2.12 bits per heavy atom. The van der Waals surface area contributed by atoms with E-state index in [-0.39, 0.29) is 25.4 Å². The molecular weight excluding hydrogens is 344 g/mol. The van der Waals surface area contributed by atoms with Crippen molar-refractivity contribution in [1.82, 2.24) is 20.4 Å². The molecule has 1 aromatic carbocycles. The van der Waals surface area contributed by atoms with Gasteiger partial charge < -0.3 is 5.32 Å². The van der Waals surface area contributed by atoms with Crippen LogP contribution in [0, 0.1) is 0 Å². The molecule has 2 aliphatic heterocycles. The number of anilines is 1. The second-order valence-corrected chi connectivity index (χ2v) is 6.76. The molecule has 2 N–H and O–H groups in total. The summed E-state index contributed by atoms with van der Waals surface area (Å²) in [6, 6.07) is 4.62. The Morgan fingerprint density at radius 3 is 2.85 bits per heavy atom. The lowest BCUT2D eigenvalue weighted by atomic mass is 9.86. The number of hydrogen-bond acceptors (Lipinski definition) is 4. The summed E-state index contributed by atoms with van der Waals surface area (Å²) in [5, 5.41) is 10.1. The fourth-order valence-electron chi connectivity index (χ4n) is 3.68. The zero-order valence-electron chi connectivity index (χ0n) is 14.3. The molecule has 0 radical (unpaired) electrons. The Kier molecular flexibility index (Phi) is 3.91. The first-order valence-electron chi connectivity index (χ1n) is 8.53. The van der Waals surface area contributed by atoms with Crippen molar-refractivity contribution >= 4 is 28.7 Å². The first kappa shape index (κ1) is 16.9. The molecule has 2 saturated heterocycles. The summed E-state index contributed by atoms with van der Waals surface area (Å²) in [4.78, 5) is 24.8. The van der Waals surface area contributed by atoms with Gasteiger partial charge in [-0.1, -0.05) is 6.07 Å². The van der Waals surface area contributed by atoms with E-state index in [0.29, 0.717) is 35.2 Å². The maximum atomic E-state index is 14.3. The highest BCUT2D eigenvalue weighted by Crippen LogP contribution is 2.39. The van der Waals surface area contributed by atoms with Crippen LogP contribution in [0.25, 0.3) is 10.9 Å². The van der Waals surface area contributed by atoms with Gasteiger partial charge in [0.1, 0.15) is 0 Å². The molecule has 26 heavy (non-hydrogen) atoms. The normalized spacial score (nSPS) is 23.3. The molecule has 1 aromatic heterocycles. The van der Waals surface area contributed by atoms with Gasteiger partial charge in [-0.25, -0.2) is 13.6 Å². The van der Waals surface area contributed by atoms with Crippen molar-refractivity contribution in [2.75, 3.05) is 24.5 Å². The Labute approximate surface area is 148 Å². The van der Waals surface area contributed by atoms with Gasteiger partial charge in [0.15, 0.2) is 5.82 Å². The highest BCUT2D eigenvalue weighted by Gasteiger charge is 2.42. The second kappa shape index (κ2) is 6.01. The summed E-state index contributed by atoms with van der Waals surface area (Å²) in [5.41, 5.74) is 1.24. The number of imide groups is 1. The molecule has 0 unspecified atom stereocenters. The van der Waals surface area contributed by atoms with E-state index < -0.39 is 17.9 Å². The van der Waals surface area contributed by atoms with E-state index >= 15 is 0 Å². The van der Waals surface area contributed by atoms with Crippen LogP contribution >= 0.6 is 0 Å². The Morgan fingerprint density at radius 1 is 1.31 bits per heavy atom. The van der Waals surface area contributed by atoms with E-state index in [0.717, 1.165) is 0 Å². The minimum Gasteiger partial charge on any atom is -0.311 e. The van der Waals surface area contributed by atoms with E-state index in [1.807, 2.05) is 0 Å². The summed E-state index contributed by atoms with van der Waals surface area (Å²) in [6.45, 7) is 0.468. The predicted molar refractivity (Wildman–Crippen MR) is 91.4 cm³/mol. The summed E-state index contributed by atoms with van der Waals surface area (Å²) < 4.78 is 30.1. The highest BCUT2D eigenvalue weighted by atomic mass is 19.3. The van der Waals surface area contributed by atoms with Crippen molar-refractivity contribution in [2.45, 2.75) is 24.7 Å². The maximum absolute atomic E-state index is 14.3. The molecule has 0 aliphatic carbocycles. The van der Waals surface area contributed by atoms with E-state index in [9.17, 15) is 18.4 Å². The first-order chi connectivity index (χ1) is 12.4. The SMILES string of the molecule is Cn1nc(N2CCC(=O)NC2=O)c2ccc([C@H]3CCNCC3(F)F)cc21. The van der Waals surface area contributed by atoms with Crippen LogP contribution in [0.1, 0.15) is 24.3 Å². The number of halogens is 2. The lowest BCUT2D eigenvalue weighted by Crippen LogP contribution is -2.49. The number of carbonyl (C=O) groups is 2. The van der Waals surface area contributed by atoms with Crippen molar-refractivity contribution in [2.24, 2.45) is 7.05 Å². The van der Waals surface area contributed by atoms with Crippen LogP contribution in [0.2, 0.25) is 0 Å². The van der Waals surface area contributed by atoms with Crippen molar-refractivity contribution in [3.8, 4) is 0 Å². The number of aromatic nitrogens is 2. The average Bonchev–Trinajstić information content (AvgIpc) is 2.91. The first-order valence-corrected chi connectivity index (χ1v) is 8.53. The third kappa shape index (κ3) is 2.72. The standard InChI is InChI=1S/C17H19F2N5O2/c1-23-13-8-10(12-4-6-20-9-17(12,18)19)2-3-11(13)15(22-23)24-7-5-14(25)21-16(24)26/h2-3,8,12,20H,4-7,9H2,1H3,(H,21,25,26)/t12-/m1/s1. The predicted octanol–water partition coefficient (Wildman–Crippen LogP) is 1.73. The molecule has 9 heteroatoms. The molecule has 2 aromatic rings. The van der Waals surface area contributed by atoms with E-state index in [2.05, 4.69) is 15.7 Å². The zero-order valence-corrected chi connectivity index (χ0v) is 14.3. The molecule has 0 saturated carbocycles. The van der Waals surface area contributed by atoms with Gasteiger partial charge >= 0.3 is 6.03 Å². The Bertz CT molecular complexity index is 895. The molecule has 3 heterocycles. The minimum absolute atomic E-state index is 0.198. The molecule has 1 atom stereocenters. The number of fused-ring (bicyclic) bond motifs is 1. The van der Waals surface area contributed by atoms with Crippen LogP contribution in [0.5, 0.6) is 0 Å². The molecule has 7 nitrogen and oxygen atoms in total. The van der Waals surface area contributed by atoms with Crippen LogP contribution in [0.4, 0.5) is 19.4 Å². The molecule has 2 aliphatic rings. The fourth-order valence-corrected chi connectivity index (χ4v) is 3.68. The summed E-state index contributed by atoms with van der Waals surface area (Å²) in [5.74, 6) is -3.54. The van der Waals surface area contributed by atoms with Gasteiger partial charge in [-0.05, 0) is 30.7 Å². The van der Waals surface area contributed by atoms with Crippen LogP contribution in [-0.4, -0.2) is 47.3 Å². The summed E-state index contributed by atoms with van der Waals surface area (Å²) >= 11 is 0. The van der Waals surface area contributed by atoms with Crippen molar-refractivity contribution in [1.29, 1.82) is 0 Å². The van der Waals surface area contributed by atoms with Gasteiger partial charge in [0.05, 0.1) is 18.0 Å². The maximum Gasteiger partial charge on any atom is 0.329 e. The number of urea groups is 1. The van der Waals surface area contributed by atoms with E-state index in [1.54, 1.807) is 29.9 Å². The molecule has 0 bridgehead atoms. The number of amides is 3. The average molecular weight is 363 g/mol. The topological polar surface area (TPSA) is 79.3 Å². The lowest BCUT2D eigenvalue weighted by Gasteiger charge is -2.32. The largest absolute Gasteiger partial charge is 0.329 e. The third-order valence-electron chi connectivity index (χ3n) is 5.05. The molecule has 4 rings (SSSR count). The fraction of sp³-hybridized carbons (Fsp3) is 0.471. The number of nitrogens with zero attached hydrogens (tertiary/aromatic N) is 3. The molecule has 0 spiro atoms. The minimum atomic E-state index is -2.81. The summed E-state index contributed by atoms with van der Waals surface area (Å²) in [7, 11) is 1.71. The highest BCUT2D eigenvalue weighted by molar-refractivity contribution is 6.08. The summed E-state index contributed by atoms with van der Waals surface area (Å²) in [6.07, 6.45) is 0.559. The molecule has 3 amide bonds. The van der Waals surface area contributed by atoms with Crippen LogP contribution in [0.15, 0.2) is 18.2 Å². The third-order valence-corrected chi connectivity index (χ3v) is 5.05. The number of rotatable bonds is 2. The quantitative estimate of drug-likeness (QED) is 0.852. The van der Waals surface area contributed by atoms with Crippen LogP contribution in [0.3, 0.4) is 0 Å². The number of carbonyl (C=O) groups excluding carboxylic acids is 2. The van der Waals surface area contributed by atoms with Crippen molar-refractivity contribution in [3.63, 3.8) is 0 Å². The Hall–Kier alpha value is -2.55. The number of aryl methyl sites for hydroxylation is 1. The van der Waals surface area contributed by atoms with E-state index in [1.165, 1.54) is 4.90 Å². The van der Waals surface area contributed by atoms with Gasteiger partial charge in [-0.3, -0.25) is 19.7 Å². The van der Waals surface area contributed by atoms with Gasteiger partial charge in [0.25, 0.3) is 5.92 Å². The molecule has 2 fully saturated rings. The van der Waals surface area contributed by atoms with Gasteiger partial charge in [-0.15, -0.1) is 0 Å². The zero-order chi connectivity index (χ0) is 18.5. The van der Waals surface area contributed by atoms with Crippen LogP contribution < -0.4 is 15.5 Å². The number of piperidine rings is 1. The number of hydrogen-bond donors (Lipinski definition) is 2.